The molecule has 4 saturated carbocycles. The Balaban J connectivity index is 0.00000406. The second-order valence-corrected chi connectivity index (χ2v) is 15.3. The molecule has 267 valence electrons. The normalized spacial score (nSPS) is 35.0. The van der Waals surface area contributed by atoms with Crippen LogP contribution in [0.1, 0.15) is 68.2 Å². The van der Waals surface area contributed by atoms with Crippen LogP contribution in [0.2, 0.25) is 5.02 Å². The first kappa shape index (κ1) is 36.7. The first-order valence-corrected chi connectivity index (χ1v) is 17.7. The molecule has 1 amide bonds. The number of hydrogen-bond acceptors (Lipinski definition) is 8. The summed E-state index contributed by atoms with van der Waals surface area (Å²) in [4.78, 5) is 50.0. The SMILES string of the molecule is COC1(c2ccc(/C=C/C(=O)O)c(OCc3ccc(C4=C(C(=O)O)N5C(=O)[C@H]([C@@H](C)O)[C@H]5C4C)cc3)c2Cl)OOC12C1CC3CC(C1)CC2C3.[Y]. The van der Waals surface area contributed by atoms with Crippen molar-refractivity contribution in [2.24, 2.45) is 35.5 Å². The zero-order chi connectivity index (χ0) is 35.3. The molecule has 2 aromatic rings. The molecule has 5 atom stereocenters. The van der Waals surface area contributed by atoms with Crippen LogP contribution in [0.25, 0.3) is 11.6 Å². The Kier molecular flexibility index (Phi) is 9.60. The van der Waals surface area contributed by atoms with Crippen LogP contribution in [0.3, 0.4) is 0 Å². The van der Waals surface area contributed by atoms with Gasteiger partial charge in [0.05, 0.1) is 23.1 Å². The fourth-order valence-corrected chi connectivity index (χ4v) is 10.8. The topological polar surface area (TPSA) is 152 Å². The van der Waals surface area contributed by atoms with Crippen LogP contribution < -0.4 is 4.74 Å². The first-order valence-electron chi connectivity index (χ1n) is 17.3. The molecule has 6 fully saturated rings. The molecule has 2 aromatic carbocycles. The van der Waals surface area contributed by atoms with Gasteiger partial charge < -0.3 is 29.7 Å². The van der Waals surface area contributed by atoms with E-state index in [9.17, 15) is 29.7 Å². The predicted molar refractivity (Wildman–Crippen MR) is 179 cm³/mol. The number of ether oxygens (including phenoxy) is 2. The maximum Gasteiger partial charge on any atom is 0.352 e. The Hall–Kier alpha value is -2.64. The molecule has 13 heteroatoms. The van der Waals surface area contributed by atoms with Crippen LogP contribution in [0, 0.1) is 35.5 Å². The largest absolute Gasteiger partial charge is 0.487 e. The van der Waals surface area contributed by atoms with Crippen molar-refractivity contribution >= 4 is 41.1 Å². The molecule has 1 spiro atoms. The van der Waals surface area contributed by atoms with Gasteiger partial charge >= 0.3 is 11.9 Å². The average Bonchev–Trinajstić information content (AvgIpc) is 3.32. The smallest absolute Gasteiger partial charge is 0.352 e. The number of carboxylic acids is 2. The van der Waals surface area contributed by atoms with Crippen molar-refractivity contribution in [2.45, 2.75) is 76.1 Å². The molecule has 11 nitrogen and oxygen atoms in total. The van der Waals surface area contributed by atoms with Crippen LogP contribution in [-0.2, 0) is 74.0 Å². The summed E-state index contributed by atoms with van der Waals surface area (Å²) in [6.45, 7) is 3.49. The van der Waals surface area contributed by atoms with E-state index < -0.39 is 41.4 Å². The van der Waals surface area contributed by atoms with Crippen molar-refractivity contribution in [3.63, 3.8) is 0 Å². The van der Waals surface area contributed by atoms with E-state index >= 15 is 0 Å². The number of methoxy groups -OCH3 is 1. The molecule has 7 aliphatic rings. The van der Waals surface area contributed by atoms with Crippen LogP contribution in [0.5, 0.6) is 5.75 Å². The van der Waals surface area contributed by atoms with E-state index in [4.69, 9.17) is 30.8 Å². The number of carbonyl (C=O) groups excluding carboxylic acids is 1. The van der Waals surface area contributed by atoms with Gasteiger partial charge in [-0.1, -0.05) is 54.9 Å². The number of aliphatic hydroxyl groups is 1. The molecule has 9 rings (SSSR count). The molecule has 2 saturated heterocycles. The average molecular weight is 795 g/mol. The van der Waals surface area contributed by atoms with E-state index in [0.29, 0.717) is 34.1 Å². The van der Waals surface area contributed by atoms with E-state index in [1.54, 1.807) is 38.3 Å². The standard InChI is InChI=1S/C38H40ClNO10.Y/c1-18-29(33(36(45)46)40-32(18)30(19(2)41)35(40)44)23-6-4-20(5-7-23)17-48-34-24(9-11-28(42)43)8-10-27(31(34)39)38(47-3)37(49-50-38)25-13-21-12-22(15-25)16-26(37)14-21;/h4-11,18-19,21-22,25-26,30,32,41H,12-17H2,1-3H3,(H,42,43)(H,45,46);/b11-9+;/t18?,19-,21?,22?,25?,26?,30-,32-,37?,38?;/m1./s1. The van der Waals surface area contributed by atoms with Crippen molar-refractivity contribution in [1.82, 2.24) is 4.90 Å². The van der Waals surface area contributed by atoms with Crippen molar-refractivity contribution in [2.75, 3.05) is 7.11 Å². The Morgan fingerprint density at radius 1 is 1.04 bits per heavy atom. The van der Waals surface area contributed by atoms with Gasteiger partial charge in [0.25, 0.3) is 5.79 Å². The molecule has 2 unspecified atom stereocenters. The molecular weight excluding hydrogens is 755 g/mol. The number of carboxylic acid groups (broad SMARTS) is 2. The van der Waals surface area contributed by atoms with Gasteiger partial charge in [-0.15, -0.1) is 0 Å². The van der Waals surface area contributed by atoms with E-state index in [1.807, 2.05) is 19.1 Å². The van der Waals surface area contributed by atoms with Gasteiger partial charge in [0, 0.05) is 62.9 Å². The number of amides is 1. The molecule has 1 radical (unpaired) electrons. The fraction of sp³-hybridized carbons (Fsp3) is 0.500. The molecule has 3 aliphatic heterocycles. The Labute approximate surface area is 325 Å². The summed E-state index contributed by atoms with van der Waals surface area (Å²) in [7, 11) is 1.60. The number of halogens is 1. The molecule has 3 N–H and O–H groups in total. The number of fused-ring (bicyclic) bond motifs is 1. The number of hydrogen-bond donors (Lipinski definition) is 3. The number of rotatable bonds is 10. The number of carbonyl (C=O) groups is 3. The summed E-state index contributed by atoms with van der Waals surface area (Å²) in [5.74, 6) is -2.73. The quantitative estimate of drug-likeness (QED) is 0.157. The van der Waals surface area contributed by atoms with E-state index in [0.717, 1.165) is 37.3 Å². The number of benzene rings is 2. The first-order chi connectivity index (χ1) is 23.9. The zero-order valence-corrected chi connectivity index (χ0v) is 32.2. The van der Waals surface area contributed by atoms with Gasteiger partial charge in [0.15, 0.2) is 5.60 Å². The maximum absolute atomic E-state index is 12.8. The van der Waals surface area contributed by atoms with Gasteiger partial charge in [-0.25, -0.2) is 14.5 Å². The Morgan fingerprint density at radius 2 is 1.69 bits per heavy atom. The van der Waals surface area contributed by atoms with Crippen LogP contribution in [-0.4, -0.2) is 62.9 Å². The van der Waals surface area contributed by atoms with Gasteiger partial charge in [-0.3, -0.25) is 4.79 Å². The third kappa shape index (κ3) is 5.32. The number of nitrogens with zero attached hydrogens (tertiary/aromatic N) is 1. The van der Waals surface area contributed by atoms with Crippen molar-refractivity contribution in [3.05, 3.63) is 75.4 Å². The van der Waals surface area contributed by atoms with Crippen LogP contribution in [0.4, 0.5) is 0 Å². The second kappa shape index (κ2) is 13.3. The monoisotopic (exact) mass is 794 g/mol. The minimum atomic E-state index is -1.25. The Bertz CT molecular complexity index is 1810. The molecule has 3 heterocycles. The summed E-state index contributed by atoms with van der Waals surface area (Å²) in [6, 6.07) is 10.3. The summed E-state index contributed by atoms with van der Waals surface area (Å²) in [6.07, 6.45) is 7.05. The van der Waals surface area contributed by atoms with Crippen LogP contribution >= 0.6 is 11.6 Å². The predicted octanol–water partition coefficient (Wildman–Crippen LogP) is 5.62. The molecule has 51 heavy (non-hydrogen) atoms. The summed E-state index contributed by atoms with van der Waals surface area (Å²) in [5, 5.41) is 29.9. The number of β-lactam (4-membered cyclic amide) rings is 1. The maximum atomic E-state index is 12.8. The molecular formula is C38H40ClNO10Y. The van der Waals surface area contributed by atoms with Gasteiger partial charge in [0.1, 0.15) is 18.1 Å². The van der Waals surface area contributed by atoms with Gasteiger partial charge in [-0.2, -0.15) is 4.89 Å². The van der Waals surface area contributed by atoms with E-state index in [-0.39, 0.29) is 79.4 Å². The third-order valence-corrected chi connectivity index (χ3v) is 12.7. The van der Waals surface area contributed by atoms with E-state index in [2.05, 4.69) is 0 Å². The fourth-order valence-electron chi connectivity index (χ4n) is 10.5. The summed E-state index contributed by atoms with van der Waals surface area (Å²) >= 11 is 7.19. The molecule has 4 bridgehead atoms. The minimum absolute atomic E-state index is 0. The Morgan fingerprint density at radius 3 is 2.22 bits per heavy atom. The van der Waals surface area contributed by atoms with Crippen molar-refractivity contribution < 1.29 is 81.7 Å². The molecule has 4 aliphatic carbocycles. The number of aliphatic carboxylic acids is 2. The summed E-state index contributed by atoms with van der Waals surface area (Å²) in [5.41, 5.74) is 2.22. The van der Waals surface area contributed by atoms with Crippen molar-refractivity contribution in [1.29, 1.82) is 0 Å². The third-order valence-electron chi connectivity index (χ3n) is 12.4. The summed E-state index contributed by atoms with van der Waals surface area (Å²) < 4.78 is 12.6. The molecule has 0 aromatic heterocycles. The van der Waals surface area contributed by atoms with Gasteiger partial charge in [-0.05, 0) is 85.5 Å². The van der Waals surface area contributed by atoms with E-state index in [1.165, 1.54) is 17.4 Å². The van der Waals surface area contributed by atoms with Crippen molar-refractivity contribution in [3.8, 4) is 5.75 Å². The zero-order valence-electron chi connectivity index (χ0n) is 28.6. The second-order valence-electron chi connectivity index (χ2n) is 14.9. The van der Waals surface area contributed by atoms with Crippen LogP contribution in [0.15, 0.2) is 48.2 Å². The minimum Gasteiger partial charge on any atom is -0.487 e. The number of aliphatic hydroxyl groups excluding tert-OH is 1. The van der Waals surface area contributed by atoms with Gasteiger partial charge in [0.2, 0.25) is 5.91 Å².